The van der Waals surface area contributed by atoms with E-state index in [-0.39, 0.29) is 25.8 Å². The maximum absolute atomic E-state index is 8.25. The molecule has 0 N–H and O–H groups in total. The van der Waals surface area contributed by atoms with E-state index < -0.39 is 0 Å². The molecule has 0 unspecified atom stereocenters. The summed E-state index contributed by atoms with van der Waals surface area (Å²) in [7, 11) is 1.50. The van der Waals surface area contributed by atoms with Crippen LogP contribution in [0.2, 0.25) is 0 Å². The van der Waals surface area contributed by atoms with Gasteiger partial charge in [-0.3, -0.25) is 12.2 Å². The van der Waals surface area contributed by atoms with Crippen molar-refractivity contribution in [2.24, 2.45) is 0 Å². The molecule has 0 aliphatic heterocycles. The zero-order valence-electron chi connectivity index (χ0n) is 9.19. The Labute approximate surface area is 111 Å². The normalized spacial score (nSPS) is 12.5. The van der Waals surface area contributed by atoms with Crippen LogP contribution in [-0.4, -0.2) is 14.2 Å². The summed E-state index contributed by atoms with van der Waals surface area (Å²) >= 11 is 0. The molecule has 2 rings (SSSR count). The topological polar surface area (TPSA) is 46.1 Å². The van der Waals surface area contributed by atoms with Crippen LogP contribution in [0.5, 0.6) is 0 Å². The van der Waals surface area contributed by atoms with Gasteiger partial charge in [-0.2, -0.15) is 26.4 Å². The third-order valence-electron chi connectivity index (χ3n) is 1.17. The fourth-order valence-corrected chi connectivity index (χ4v) is 0.680. The zero-order valence-corrected chi connectivity index (χ0v) is 12.8. The molecule has 0 saturated carbocycles. The Kier molecular flexibility index (Phi) is 31.7. The molecule has 0 saturated heterocycles. The Morgan fingerprint density at radius 2 is 1.13 bits per heavy atom. The van der Waals surface area contributed by atoms with Crippen LogP contribution in [0.3, 0.4) is 0 Å². The summed E-state index contributed by atoms with van der Waals surface area (Å²) in [6.45, 7) is 0. The van der Waals surface area contributed by atoms with Crippen molar-refractivity contribution in [2.75, 3.05) is 14.2 Å². The molecule has 2 aliphatic rings. The third kappa shape index (κ3) is 20.0. The maximum atomic E-state index is 8.25. The van der Waals surface area contributed by atoms with Crippen LogP contribution in [0.4, 0.5) is 0 Å². The SMILES string of the molecule is C[O-].C[O-].[C-]1=CC=CC1.[C-]1=CC=CC1.[Hf+4]. The van der Waals surface area contributed by atoms with E-state index >= 15 is 0 Å². The van der Waals surface area contributed by atoms with Gasteiger partial charge < -0.3 is 10.2 Å². The van der Waals surface area contributed by atoms with Gasteiger partial charge in [0.05, 0.1) is 0 Å². The third-order valence-corrected chi connectivity index (χ3v) is 1.17. The van der Waals surface area contributed by atoms with Crippen LogP contribution in [0.15, 0.2) is 36.5 Å². The molecule has 2 aliphatic carbocycles. The Bertz CT molecular complexity index is 152. The van der Waals surface area contributed by atoms with Gasteiger partial charge in [0.25, 0.3) is 0 Å². The monoisotopic (exact) mass is 372 g/mol. The molecule has 0 radical (unpaired) electrons. The van der Waals surface area contributed by atoms with Crippen molar-refractivity contribution >= 4 is 0 Å². The molecule has 3 heteroatoms. The molecule has 15 heavy (non-hydrogen) atoms. The zero-order chi connectivity index (χ0) is 11.1. The van der Waals surface area contributed by atoms with Crippen LogP contribution < -0.4 is 10.2 Å². The van der Waals surface area contributed by atoms with E-state index in [0.29, 0.717) is 0 Å². The summed E-state index contributed by atoms with van der Waals surface area (Å²) in [6.07, 6.45) is 20.0. The minimum absolute atomic E-state index is 0. The van der Waals surface area contributed by atoms with E-state index in [4.69, 9.17) is 10.2 Å². The number of allylic oxidation sites excluding steroid dienone is 8. The summed E-state index contributed by atoms with van der Waals surface area (Å²) in [5.74, 6) is 0. The molecule has 2 nitrogen and oxygen atoms in total. The summed E-state index contributed by atoms with van der Waals surface area (Å²) in [5, 5.41) is 16.5. The van der Waals surface area contributed by atoms with E-state index in [1.54, 1.807) is 0 Å². The van der Waals surface area contributed by atoms with E-state index in [1.165, 1.54) is 0 Å². The number of hydrogen-bond donors (Lipinski definition) is 0. The molecule has 0 bridgehead atoms. The van der Waals surface area contributed by atoms with Gasteiger partial charge in [0.2, 0.25) is 0 Å². The predicted molar refractivity (Wildman–Crippen MR) is 55.0 cm³/mol. The molecule has 0 atom stereocenters. The van der Waals surface area contributed by atoms with Gasteiger partial charge in [-0.1, -0.05) is 0 Å². The molecule has 0 heterocycles. The maximum Gasteiger partial charge on any atom is 4.00 e. The summed E-state index contributed by atoms with van der Waals surface area (Å²) in [5.41, 5.74) is 0. The molecule has 0 aromatic rings. The molecule has 80 valence electrons. The minimum Gasteiger partial charge on any atom is -0.857 e. The molecular weight excluding hydrogens is 355 g/mol. The van der Waals surface area contributed by atoms with Gasteiger partial charge >= 0.3 is 25.8 Å². The standard InChI is InChI=1S/2C5H5.2CH3O.Hf/c2*1-2-4-5-3-1;2*1-2;/h2*1-3H,4H2;2*1H3;/q4*-1;+4. The van der Waals surface area contributed by atoms with Gasteiger partial charge in [-0.25, -0.2) is 24.3 Å². The molecule has 0 aromatic heterocycles. The largest absolute Gasteiger partial charge is 4.00 e. The van der Waals surface area contributed by atoms with E-state index in [2.05, 4.69) is 24.3 Å². The number of rotatable bonds is 0. The molecule has 0 fully saturated rings. The fraction of sp³-hybridized carbons (Fsp3) is 0.333. The second-order valence-electron chi connectivity index (χ2n) is 2.01. The molecule has 0 spiro atoms. The van der Waals surface area contributed by atoms with Crippen LogP contribution in [0.1, 0.15) is 12.8 Å². The van der Waals surface area contributed by atoms with Crippen molar-refractivity contribution in [1.82, 2.24) is 0 Å². The second-order valence-corrected chi connectivity index (χ2v) is 2.01. The van der Waals surface area contributed by atoms with Crippen LogP contribution in [0.25, 0.3) is 0 Å². The Morgan fingerprint density at radius 3 is 1.20 bits per heavy atom. The molecule has 0 amide bonds. The van der Waals surface area contributed by atoms with Crippen molar-refractivity contribution in [3.05, 3.63) is 48.6 Å². The quantitative estimate of drug-likeness (QED) is 0.462. The first-order valence-corrected chi connectivity index (χ1v) is 4.25. The van der Waals surface area contributed by atoms with Gasteiger partial charge in [0.15, 0.2) is 0 Å². The fourth-order valence-electron chi connectivity index (χ4n) is 0.680. The molecular formula is C12H16HfO2. The van der Waals surface area contributed by atoms with E-state index in [0.717, 1.165) is 27.1 Å². The Morgan fingerprint density at radius 1 is 0.800 bits per heavy atom. The summed E-state index contributed by atoms with van der Waals surface area (Å²) in [6, 6.07) is 0. The minimum atomic E-state index is 0. The first kappa shape index (κ1) is 20.2. The van der Waals surface area contributed by atoms with Crippen molar-refractivity contribution in [1.29, 1.82) is 0 Å². The van der Waals surface area contributed by atoms with Crippen molar-refractivity contribution in [3.8, 4) is 0 Å². The van der Waals surface area contributed by atoms with Crippen molar-refractivity contribution in [2.45, 2.75) is 12.8 Å². The van der Waals surface area contributed by atoms with Gasteiger partial charge in [-0.15, -0.1) is 12.8 Å². The average Bonchev–Trinajstić information content (AvgIpc) is 3.01. The van der Waals surface area contributed by atoms with Gasteiger partial charge in [0, 0.05) is 0 Å². The van der Waals surface area contributed by atoms with Crippen molar-refractivity contribution < 1.29 is 36.1 Å². The Balaban J connectivity index is -0.000000138. The number of hydrogen-bond acceptors (Lipinski definition) is 2. The first-order chi connectivity index (χ1) is 7.00. The summed E-state index contributed by atoms with van der Waals surface area (Å²) in [4.78, 5) is 0. The van der Waals surface area contributed by atoms with Crippen molar-refractivity contribution in [3.63, 3.8) is 0 Å². The first-order valence-electron chi connectivity index (χ1n) is 4.25. The van der Waals surface area contributed by atoms with E-state index in [9.17, 15) is 0 Å². The molecule has 0 aromatic carbocycles. The van der Waals surface area contributed by atoms with Gasteiger partial charge in [0.1, 0.15) is 0 Å². The van der Waals surface area contributed by atoms with Crippen LogP contribution >= 0.6 is 0 Å². The van der Waals surface area contributed by atoms with Crippen LogP contribution in [-0.2, 0) is 25.8 Å². The predicted octanol–water partition coefficient (Wildman–Crippen LogP) is 0.562. The summed E-state index contributed by atoms with van der Waals surface area (Å²) < 4.78 is 0. The van der Waals surface area contributed by atoms with Crippen LogP contribution in [0, 0.1) is 12.2 Å². The van der Waals surface area contributed by atoms with E-state index in [1.807, 2.05) is 24.3 Å². The van der Waals surface area contributed by atoms with Gasteiger partial charge in [-0.05, 0) is 0 Å². The average molecular weight is 371 g/mol. The second kappa shape index (κ2) is 23.5. The smallest absolute Gasteiger partial charge is 0.857 e. The Hall–Kier alpha value is -0.250.